The molecular weight excluding hydrogens is 355 g/mol. The zero-order valence-electron chi connectivity index (χ0n) is 13.8. The monoisotopic (exact) mass is 367 g/mol. The first-order valence-corrected chi connectivity index (χ1v) is 8.12. The summed E-state index contributed by atoms with van der Waals surface area (Å²) in [6.07, 6.45) is -4.42. The molecule has 134 valence electrons. The normalized spacial score (nSPS) is 13.8. The predicted molar refractivity (Wildman–Crippen MR) is 94.5 cm³/mol. The quantitative estimate of drug-likeness (QED) is 0.586. The molecule has 2 amide bonds. The molecule has 0 unspecified atom stereocenters. The van der Waals surface area contributed by atoms with Gasteiger partial charge in [-0.1, -0.05) is 36.4 Å². The molecule has 0 saturated carbocycles. The maximum atomic E-state index is 12.9. The molecule has 3 aromatic rings. The Labute approximate surface area is 152 Å². The zero-order valence-corrected chi connectivity index (χ0v) is 13.8. The predicted octanol–water partition coefficient (Wildman–Crippen LogP) is 5.17. The van der Waals surface area contributed by atoms with Gasteiger partial charge in [-0.15, -0.1) is 0 Å². The van der Waals surface area contributed by atoms with E-state index in [-0.39, 0.29) is 0 Å². The molecule has 0 aromatic heterocycles. The average molecular weight is 367 g/mol. The van der Waals surface area contributed by atoms with Gasteiger partial charge in [-0.2, -0.15) is 13.2 Å². The number of nitrogens with zero attached hydrogens (tertiary/aromatic N) is 1. The molecule has 0 spiro atoms. The molecule has 1 aliphatic rings. The summed E-state index contributed by atoms with van der Waals surface area (Å²) in [4.78, 5) is 26.1. The molecule has 0 N–H and O–H groups in total. The van der Waals surface area contributed by atoms with Gasteiger partial charge in [-0.3, -0.25) is 9.59 Å². The maximum absolute atomic E-state index is 12.9. The van der Waals surface area contributed by atoms with E-state index in [4.69, 9.17) is 0 Å². The summed E-state index contributed by atoms with van der Waals surface area (Å²) in [7, 11) is 0. The van der Waals surface area contributed by atoms with Gasteiger partial charge >= 0.3 is 6.18 Å². The summed E-state index contributed by atoms with van der Waals surface area (Å²) in [6, 6.07) is 17.8. The minimum absolute atomic E-state index is 0.337. The number of carbonyl (C=O) groups excluding carboxylic acids is 2. The van der Waals surface area contributed by atoms with Crippen molar-refractivity contribution in [2.45, 2.75) is 6.18 Å². The molecule has 0 fully saturated rings. The van der Waals surface area contributed by atoms with Gasteiger partial charge in [0.15, 0.2) is 0 Å². The van der Waals surface area contributed by atoms with Crippen LogP contribution in [0, 0.1) is 0 Å². The molecule has 1 heterocycles. The van der Waals surface area contributed by atoms with Crippen LogP contribution in [0.25, 0.3) is 11.1 Å². The van der Waals surface area contributed by atoms with Crippen molar-refractivity contribution in [2.75, 3.05) is 4.90 Å². The number of imide groups is 1. The first-order chi connectivity index (χ1) is 12.9. The van der Waals surface area contributed by atoms with Crippen LogP contribution in [0.3, 0.4) is 0 Å². The molecule has 6 heteroatoms. The lowest BCUT2D eigenvalue weighted by Crippen LogP contribution is -2.29. The lowest BCUT2D eigenvalue weighted by atomic mass is 10.0. The van der Waals surface area contributed by atoms with Gasteiger partial charge < -0.3 is 0 Å². The average Bonchev–Trinajstić information content (AvgIpc) is 2.92. The molecule has 27 heavy (non-hydrogen) atoms. The van der Waals surface area contributed by atoms with Crippen molar-refractivity contribution in [3.8, 4) is 11.1 Å². The summed E-state index contributed by atoms with van der Waals surface area (Å²) >= 11 is 0. The molecule has 1 aliphatic heterocycles. The van der Waals surface area contributed by atoms with Crippen LogP contribution >= 0.6 is 0 Å². The second-order valence-corrected chi connectivity index (χ2v) is 6.12. The Hall–Kier alpha value is -3.41. The van der Waals surface area contributed by atoms with Gasteiger partial charge in [0.05, 0.1) is 22.4 Å². The zero-order chi connectivity index (χ0) is 19.2. The second-order valence-electron chi connectivity index (χ2n) is 6.12. The van der Waals surface area contributed by atoms with E-state index < -0.39 is 23.6 Å². The van der Waals surface area contributed by atoms with Crippen LogP contribution in [0.1, 0.15) is 26.3 Å². The lowest BCUT2D eigenvalue weighted by Gasteiger charge is -2.15. The van der Waals surface area contributed by atoms with E-state index in [0.29, 0.717) is 27.9 Å². The molecule has 3 nitrogen and oxygen atoms in total. The van der Waals surface area contributed by atoms with E-state index >= 15 is 0 Å². The highest BCUT2D eigenvalue weighted by molar-refractivity contribution is 6.34. The summed E-state index contributed by atoms with van der Waals surface area (Å²) in [5.74, 6) is -0.829. The lowest BCUT2D eigenvalue weighted by molar-refractivity contribution is -0.137. The second kappa shape index (κ2) is 6.09. The van der Waals surface area contributed by atoms with Crippen LogP contribution < -0.4 is 4.90 Å². The topological polar surface area (TPSA) is 37.4 Å². The number of carbonyl (C=O) groups is 2. The van der Waals surface area contributed by atoms with E-state index in [9.17, 15) is 22.8 Å². The van der Waals surface area contributed by atoms with Gasteiger partial charge in [0.25, 0.3) is 11.8 Å². The minimum Gasteiger partial charge on any atom is -0.268 e. The Morgan fingerprint density at radius 1 is 0.667 bits per heavy atom. The van der Waals surface area contributed by atoms with Crippen molar-refractivity contribution in [3.63, 3.8) is 0 Å². The van der Waals surface area contributed by atoms with Crippen molar-refractivity contribution in [1.82, 2.24) is 0 Å². The Balaban J connectivity index is 1.66. The fourth-order valence-electron chi connectivity index (χ4n) is 3.10. The van der Waals surface area contributed by atoms with Crippen molar-refractivity contribution in [3.05, 3.63) is 89.5 Å². The van der Waals surface area contributed by atoms with E-state index in [2.05, 4.69) is 0 Å². The summed E-state index contributed by atoms with van der Waals surface area (Å²) in [6.45, 7) is 0. The number of halogens is 3. The summed E-state index contributed by atoms with van der Waals surface area (Å²) < 4.78 is 38.7. The van der Waals surface area contributed by atoms with E-state index in [1.807, 2.05) is 0 Å². The van der Waals surface area contributed by atoms with Crippen LogP contribution in [0.2, 0.25) is 0 Å². The Kier molecular flexibility index (Phi) is 3.84. The molecule has 0 saturated heterocycles. The maximum Gasteiger partial charge on any atom is 0.416 e. The third kappa shape index (κ3) is 2.89. The fourth-order valence-corrected chi connectivity index (χ4v) is 3.10. The molecule has 0 aliphatic carbocycles. The molecule has 0 radical (unpaired) electrons. The van der Waals surface area contributed by atoms with Gasteiger partial charge in [-0.05, 0) is 47.5 Å². The van der Waals surface area contributed by atoms with Crippen molar-refractivity contribution >= 4 is 17.5 Å². The smallest absolute Gasteiger partial charge is 0.268 e. The number of amides is 2. The molecule has 0 bridgehead atoms. The fraction of sp³-hybridized carbons (Fsp3) is 0.0476. The van der Waals surface area contributed by atoms with Crippen molar-refractivity contribution < 1.29 is 22.8 Å². The van der Waals surface area contributed by atoms with Gasteiger partial charge in [0, 0.05) is 0 Å². The number of rotatable bonds is 2. The SMILES string of the molecule is O=C1c2ccccc2C(=O)N1c1ccc(-c2cccc(C(F)(F)F)c2)cc1. The largest absolute Gasteiger partial charge is 0.416 e. The van der Waals surface area contributed by atoms with Crippen molar-refractivity contribution in [2.24, 2.45) is 0 Å². The summed E-state index contributed by atoms with van der Waals surface area (Å²) in [5, 5.41) is 0. The van der Waals surface area contributed by atoms with Gasteiger partial charge in [0.2, 0.25) is 0 Å². The Bertz CT molecular complexity index is 1020. The van der Waals surface area contributed by atoms with Crippen LogP contribution in [0.4, 0.5) is 18.9 Å². The highest BCUT2D eigenvalue weighted by Gasteiger charge is 2.36. The Morgan fingerprint density at radius 3 is 1.81 bits per heavy atom. The number of hydrogen-bond acceptors (Lipinski definition) is 2. The highest BCUT2D eigenvalue weighted by Crippen LogP contribution is 2.33. The molecule has 3 aromatic carbocycles. The third-order valence-electron chi connectivity index (χ3n) is 4.44. The Morgan fingerprint density at radius 2 is 1.26 bits per heavy atom. The molecule has 0 atom stereocenters. The van der Waals surface area contributed by atoms with Crippen LogP contribution in [-0.4, -0.2) is 11.8 Å². The van der Waals surface area contributed by atoms with Gasteiger partial charge in [-0.25, -0.2) is 4.90 Å². The number of fused-ring (bicyclic) bond motifs is 1. The van der Waals surface area contributed by atoms with E-state index in [0.717, 1.165) is 17.0 Å². The molecule has 4 rings (SSSR count). The highest BCUT2D eigenvalue weighted by atomic mass is 19.4. The standard InChI is InChI=1S/C21H12F3NO2/c22-21(23,24)15-5-3-4-14(12-15)13-8-10-16(11-9-13)25-19(26)17-6-1-2-7-18(17)20(25)27/h1-12H. The number of hydrogen-bond donors (Lipinski definition) is 0. The first-order valence-electron chi connectivity index (χ1n) is 8.12. The van der Waals surface area contributed by atoms with Gasteiger partial charge in [0.1, 0.15) is 0 Å². The third-order valence-corrected chi connectivity index (χ3v) is 4.44. The van der Waals surface area contributed by atoms with E-state index in [1.165, 1.54) is 6.07 Å². The molecular formula is C21H12F3NO2. The first kappa shape index (κ1) is 17.0. The minimum atomic E-state index is -4.42. The number of anilines is 1. The van der Waals surface area contributed by atoms with E-state index in [1.54, 1.807) is 54.6 Å². The number of alkyl halides is 3. The number of benzene rings is 3. The summed E-state index contributed by atoms with van der Waals surface area (Å²) in [5.41, 5.74) is 1.27. The van der Waals surface area contributed by atoms with Crippen LogP contribution in [0.15, 0.2) is 72.8 Å². The van der Waals surface area contributed by atoms with Crippen molar-refractivity contribution in [1.29, 1.82) is 0 Å². The van der Waals surface area contributed by atoms with Crippen LogP contribution in [-0.2, 0) is 6.18 Å². The van der Waals surface area contributed by atoms with Crippen LogP contribution in [0.5, 0.6) is 0 Å².